The van der Waals surface area contributed by atoms with E-state index in [1.165, 1.54) is 0 Å². The highest BCUT2D eigenvalue weighted by molar-refractivity contribution is 5.89. The van der Waals surface area contributed by atoms with E-state index in [9.17, 15) is 0 Å². The largest absolute Gasteiger partial charge is 0.287 e. The predicted octanol–water partition coefficient (Wildman–Crippen LogP) is 0.606. The molecule has 5 nitrogen and oxygen atoms in total. The van der Waals surface area contributed by atoms with Crippen molar-refractivity contribution < 1.29 is 0 Å². The lowest BCUT2D eigenvalue weighted by Gasteiger charge is -1.89. The highest BCUT2D eigenvalue weighted by Crippen LogP contribution is 2.13. The van der Waals surface area contributed by atoms with Crippen molar-refractivity contribution >= 4 is 16.6 Å². The molecule has 0 amide bonds. The summed E-state index contributed by atoms with van der Waals surface area (Å²) in [5, 5.41) is 15.7. The number of aromatic nitrogens is 5. The molecule has 0 unspecified atom stereocenters. The Morgan fingerprint density at radius 3 is 3.42 bits per heavy atom. The van der Waals surface area contributed by atoms with Crippen LogP contribution in [0, 0.1) is 0 Å². The average molecular weight is 159 g/mol. The van der Waals surface area contributed by atoms with Crippen molar-refractivity contribution in [1.29, 1.82) is 0 Å². The summed E-state index contributed by atoms with van der Waals surface area (Å²) in [6.45, 7) is 0. The maximum absolute atomic E-state index is 4.07. The van der Waals surface area contributed by atoms with Gasteiger partial charge in [-0.05, 0) is 6.07 Å². The van der Waals surface area contributed by atoms with Gasteiger partial charge in [-0.2, -0.15) is 5.10 Å². The molecule has 0 aliphatic carbocycles. The number of hydrogen-bond donors (Lipinski definition) is 1. The summed E-state index contributed by atoms with van der Waals surface area (Å²) in [5.41, 5.74) is 1.64. The van der Waals surface area contributed by atoms with Gasteiger partial charge in [0.2, 0.25) is 0 Å². The fourth-order valence-corrected chi connectivity index (χ4v) is 1.29. The van der Waals surface area contributed by atoms with Crippen LogP contribution in [0.5, 0.6) is 0 Å². The number of hydrogen-bond acceptors (Lipinski definition) is 3. The molecule has 1 N–H and O–H groups in total. The smallest absolute Gasteiger partial charge is 0.189 e. The summed E-state index contributed by atoms with van der Waals surface area (Å²) in [6, 6.07) is 1.97. The zero-order valence-corrected chi connectivity index (χ0v) is 6.10. The molecule has 0 spiro atoms. The maximum Gasteiger partial charge on any atom is 0.189 e. The van der Waals surface area contributed by atoms with Gasteiger partial charge in [-0.25, -0.2) is 0 Å². The van der Waals surface area contributed by atoms with E-state index in [2.05, 4.69) is 20.4 Å². The second-order valence-electron chi connectivity index (χ2n) is 2.57. The van der Waals surface area contributed by atoms with Crippen LogP contribution in [0.3, 0.4) is 0 Å². The van der Waals surface area contributed by atoms with Crippen LogP contribution in [0.4, 0.5) is 0 Å². The van der Waals surface area contributed by atoms with E-state index in [-0.39, 0.29) is 0 Å². The fourth-order valence-electron chi connectivity index (χ4n) is 1.29. The molecule has 0 aliphatic rings. The monoisotopic (exact) mass is 159 g/mol. The van der Waals surface area contributed by atoms with Gasteiger partial charge in [0.1, 0.15) is 11.8 Å². The summed E-state index contributed by atoms with van der Waals surface area (Å²) in [4.78, 5) is 0. The van der Waals surface area contributed by atoms with Crippen molar-refractivity contribution in [2.75, 3.05) is 0 Å². The van der Waals surface area contributed by atoms with Crippen LogP contribution in [-0.2, 0) is 0 Å². The third-order valence-corrected chi connectivity index (χ3v) is 1.87. The lowest BCUT2D eigenvalue weighted by molar-refractivity contribution is 1.10. The Kier molecular flexibility index (Phi) is 0.864. The second kappa shape index (κ2) is 1.82. The highest BCUT2D eigenvalue weighted by atomic mass is 15.2. The highest BCUT2D eigenvalue weighted by Gasteiger charge is 2.02. The van der Waals surface area contributed by atoms with E-state index < -0.39 is 0 Å². The Hall–Kier alpha value is -1.91. The molecule has 0 radical (unpaired) electrons. The van der Waals surface area contributed by atoms with Gasteiger partial charge in [0.05, 0.1) is 0 Å². The lowest BCUT2D eigenvalue weighted by Crippen LogP contribution is -1.82. The number of pyridine rings is 1. The van der Waals surface area contributed by atoms with Crippen LogP contribution >= 0.6 is 0 Å². The van der Waals surface area contributed by atoms with Gasteiger partial charge in [-0.1, -0.05) is 0 Å². The second-order valence-corrected chi connectivity index (χ2v) is 2.57. The van der Waals surface area contributed by atoms with Gasteiger partial charge in [-0.3, -0.25) is 9.50 Å². The normalized spacial score (nSPS) is 11.3. The summed E-state index contributed by atoms with van der Waals surface area (Å²) in [7, 11) is 0. The molecule has 5 heteroatoms. The van der Waals surface area contributed by atoms with Gasteiger partial charge in [-0.15, -0.1) is 10.2 Å². The molecule has 3 aromatic rings. The van der Waals surface area contributed by atoms with Gasteiger partial charge in [0, 0.05) is 17.8 Å². The first kappa shape index (κ1) is 5.70. The van der Waals surface area contributed by atoms with Crippen LogP contribution in [0.1, 0.15) is 0 Å². The third-order valence-electron chi connectivity index (χ3n) is 1.87. The molecule has 3 aromatic heterocycles. The Labute approximate surface area is 67.0 Å². The molecule has 0 aliphatic heterocycles. The van der Waals surface area contributed by atoms with Crippen molar-refractivity contribution in [1.82, 2.24) is 24.8 Å². The van der Waals surface area contributed by atoms with Gasteiger partial charge in [0.15, 0.2) is 5.65 Å². The maximum atomic E-state index is 4.07. The van der Waals surface area contributed by atoms with Crippen LogP contribution in [0.25, 0.3) is 16.6 Å². The Balaban J connectivity index is 2.71. The van der Waals surface area contributed by atoms with Crippen molar-refractivity contribution in [2.45, 2.75) is 0 Å². The summed E-state index contributed by atoms with van der Waals surface area (Å²) in [5.74, 6) is 0. The van der Waals surface area contributed by atoms with Crippen molar-refractivity contribution in [3.8, 4) is 0 Å². The molecule has 58 valence electrons. The molecular formula is C7H5N5. The Morgan fingerprint density at radius 1 is 1.42 bits per heavy atom. The number of nitrogens with zero attached hydrogens (tertiary/aromatic N) is 4. The number of H-pyrrole nitrogens is 1. The molecular weight excluding hydrogens is 154 g/mol. The minimum Gasteiger partial charge on any atom is -0.287 e. The van der Waals surface area contributed by atoms with Crippen molar-refractivity contribution in [2.24, 2.45) is 0 Å². The van der Waals surface area contributed by atoms with Gasteiger partial charge in [0.25, 0.3) is 0 Å². The zero-order chi connectivity index (χ0) is 7.97. The van der Waals surface area contributed by atoms with Crippen LogP contribution in [0.2, 0.25) is 0 Å². The van der Waals surface area contributed by atoms with Crippen molar-refractivity contribution in [3.05, 3.63) is 24.8 Å². The fraction of sp³-hybridized carbons (Fsp3) is 0. The summed E-state index contributed by atoms with van der Waals surface area (Å²) < 4.78 is 1.84. The molecule has 0 aromatic carbocycles. The number of nitrogens with one attached hydrogen (secondary N) is 1. The van der Waals surface area contributed by atoms with E-state index in [0.29, 0.717) is 0 Å². The van der Waals surface area contributed by atoms with Gasteiger partial charge < -0.3 is 0 Å². The van der Waals surface area contributed by atoms with E-state index >= 15 is 0 Å². The predicted molar refractivity (Wildman–Crippen MR) is 42.6 cm³/mol. The van der Waals surface area contributed by atoms with Gasteiger partial charge >= 0.3 is 0 Å². The van der Waals surface area contributed by atoms with E-state index in [1.54, 1.807) is 6.33 Å². The standard InChI is InChI=1S/C7H5N5/c1-2-12-4-9-11-7(12)6-5(1)3-8-10-6/h1-4H,(H,8,10). The summed E-state index contributed by atoms with van der Waals surface area (Å²) in [6.07, 6.45) is 5.40. The number of fused-ring (bicyclic) bond motifs is 3. The molecule has 3 rings (SSSR count). The van der Waals surface area contributed by atoms with Crippen LogP contribution < -0.4 is 0 Å². The first-order valence-corrected chi connectivity index (χ1v) is 3.57. The molecule has 0 bridgehead atoms. The lowest BCUT2D eigenvalue weighted by atomic mass is 10.3. The van der Waals surface area contributed by atoms with Crippen LogP contribution in [0.15, 0.2) is 24.8 Å². The molecule has 3 heterocycles. The Bertz CT molecular complexity index is 485. The average Bonchev–Trinajstić information content (AvgIpc) is 2.71. The SMILES string of the molecule is c1cn2cnnc2c2n[nH]cc12. The van der Waals surface area contributed by atoms with Crippen molar-refractivity contribution in [3.63, 3.8) is 0 Å². The molecule has 0 fully saturated rings. The summed E-state index contributed by atoms with van der Waals surface area (Å²) >= 11 is 0. The molecule has 12 heavy (non-hydrogen) atoms. The Morgan fingerprint density at radius 2 is 2.42 bits per heavy atom. The van der Waals surface area contributed by atoms with Crippen LogP contribution in [-0.4, -0.2) is 24.8 Å². The first-order chi connectivity index (χ1) is 5.95. The third kappa shape index (κ3) is 0.554. The minimum absolute atomic E-state index is 0.786. The molecule has 0 saturated heterocycles. The molecule has 0 saturated carbocycles. The minimum atomic E-state index is 0.786. The molecule has 0 atom stereocenters. The number of aromatic amines is 1. The topological polar surface area (TPSA) is 58.9 Å². The number of rotatable bonds is 0. The quantitative estimate of drug-likeness (QED) is 0.522. The van der Waals surface area contributed by atoms with E-state index in [4.69, 9.17) is 0 Å². The van der Waals surface area contributed by atoms with E-state index in [0.717, 1.165) is 16.6 Å². The zero-order valence-electron chi connectivity index (χ0n) is 6.10. The van der Waals surface area contributed by atoms with E-state index in [1.807, 2.05) is 22.9 Å². The first-order valence-electron chi connectivity index (χ1n) is 3.57.